The maximum absolute atomic E-state index is 13.5. The van der Waals surface area contributed by atoms with Crippen LogP contribution in [0, 0.1) is 28.1 Å². The Hall–Kier alpha value is -5.09. The molecule has 5 rings (SSSR count). The van der Waals surface area contributed by atoms with Crippen LogP contribution < -0.4 is 10.6 Å². The van der Waals surface area contributed by atoms with Crippen molar-refractivity contribution in [2.45, 2.75) is 39.8 Å². The van der Waals surface area contributed by atoms with Crippen LogP contribution in [0.1, 0.15) is 62.2 Å². The summed E-state index contributed by atoms with van der Waals surface area (Å²) in [6, 6.07) is 16.8. The van der Waals surface area contributed by atoms with Crippen molar-refractivity contribution in [3.8, 4) is 12.1 Å². The Labute approximate surface area is 237 Å². The Bertz CT molecular complexity index is 1800. The van der Waals surface area contributed by atoms with Crippen molar-refractivity contribution in [2.75, 3.05) is 23.9 Å². The van der Waals surface area contributed by atoms with E-state index in [0.717, 1.165) is 16.5 Å². The van der Waals surface area contributed by atoms with Crippen LogP contribution in [0.4, 0.5) is 15.8 Å². The van der Waals surface area contributed by atoms with E-state index in [4.69, 9.17) is 0 Å². The van der Waals surface area contributed by atoms with Gasteiger partial charge in [0.25, 0.3) is 0 Å². The molecule has 0 aliphatic heterocycles. The average Bonchev–Trinajstić information content (AvgIpc) is 3.47. The average molecular weight is 548 g/mol. The van der Waals surface area contributed by atoms with E-state index in [1.165, 1.54) is 10.9 Å². The molecule has 0 spiro atoms. The van der Waals surface area contributed by atoms with Gasteiger partial charge in [-0.2, -0.15) is 10.5 Å². The van der Waals surface area contributed by atoms with E-state index in [1.807, 2.05) is 36.4 Å². The van der Waals surface area contributed by atoms with Gasteiger partial charge >= 0.3 is 0 Å². The first kappa shape index (κ1) is 27.5. The van der Waals surface area contributed by atoms with Crippen molar-refractivity contribution in [1.82, 2.24) is 25.0 Å². The molecule has 2 N–H and O–H groups in total. The molecule has 2 unspecified atom stereocenters. The summed E-state index contributed by atoms with van der Waals surface area (Å²) in [5.74, 6) is 0. The van der Waals surface area contributed by atoms with Gasteiger partial charge in [0, 0.05) is 35.4 Å². The van der Waals surface area contributed by atoms with E-state index in [2.05, 4.69) is 63.8 Å². The van der Waals surface area contributed by atoms with E-state index >= 15 is 0 Å². The molecule has 0 amide bonds. The second-order valence-electron chi connectivity index (χ2n) is 11.2. The number of pyridine rings is 2. The molecule has 2 atom stereocenters. The van der Waals surface area contributed by atoms with Crippen LogP contribution in [0.3, 0.4) is 0 Å². The third kappa shape index (κ3) is 5.64. The molecule has 0 aliphatic carbocycles. The number of anilines is 2. The van der Waals surface area contributed by atoms with Crippen LogP contribution in [0.5, 0.6) is 0 Å². The predicted molar refractivity (Wildman–Crippen MR) is 157 cm³/mol. The minimum absolute atomic E-state index is 0.0493. The lowest BCUT2D eigenvalue weighted by atomic mass is 9.96. The quantitative estimate of drug-likeness (QED) is 0.231. The number of nitrogens with one attached hydrogen (secondary N) is 2. The predicted octanol–water partition coefficient (Wildman–Crippen LogP) is 6.31. The Morgan fingerprint density at radius 3 is 2.56 bits per heavy atom. The number of aromatic nitrogens is 5. The first-order chi connectivity index (χ1) is 19.7. The number of rotatable bonds is 8. The molecule has 0 bridgehead atoms. The number of nitriles is 2. The molecular weight excluding hydrogens is 517 g/mol. The zero-order chi connectivity index (χ0) is 29.1. The molecule has 10 heteroatoms. The van der Waals surface area contributed by atoms with Crippen molar-refractivity contribution in [3.05, 3.63) is 83.4 Å². The van der Waals surface area contributed by atoms with Gasteiger partial charge in [0.15, 0.2) is 0 Å². The Morgan fingerprint density at radius 2 is 1.83 bits per heavy atom. The Morgan fingerprint density at radius 1 is 1.02 bits per heavy atom. The molecule has 3 aromatic heterocycles. The number of nitrogens with zero attached hydrogens (tertiary/aromatic N) is 7. The van der Waals surface area contributed by atoms with Crippen molar-refractivity contribution < 1.29 is 4.39 Å². The van der Waals surface area contributed by atoms with Gasteiger partial charge in [0.05, 0.1) is 46.1 Å². The Kier molecular flexibility index (Phi) is 7.50. The van der Waals surface area contributed by atoms with E-state index < -0.39 is 18.8 Å². The van der Waals surface area contributed by atoms with Crippen molar-refractivity contribution >= 4 is 33.2 Å². The molecule has 2 aromatic carbocycles. The highest BCUT2D eigenvalue weighted by molar-refractivity contribution is 5.99. The smallest absolute Gasteiger partial charge is 0.112 e. The molecule has 0 fully saturated rings. The topological polar surface area (TPSA) is 128 Å². The highest BCUT2D eigenvalue weighted by Gasteiger charge is 2.23. The van der Waals surface area contributed by atoms with Gasteiger partial charge in [-0.15, -0.1) is 5.10 Å². The highest BCUT2D eigenvalue weighted by atomic mass is 19.1. The summed E-state index contributed by atoms with van der Waals surface area (Å²) in [6.45, 7) is 8.07. The van der Waals surface area contributed by atoms with Crippen molar-refractivity contribution in [2.24, 2.45) is 5.41 Å². The zero-order valence-corrected chi connectivity index (χ0v) is 23.4. The molecule has 0 saturated carbocycles. The second kappa shape index (κ2) is 11.2. The molecule has 0 aliphatic rings. The van der Waals surface area contributed by atoms with Crippen molar-refractivity contribution in [3.63, 3.8) is 0 Å². The molecule has 3 heterocycles. The molecule has 206 valence electrons. The van der Waals surface area contributed by atoms with Gasteiger partial charge in [-0.3, -0.25) is 9.97 Å². The van der Waals surface area contributed by atoms with E-state index in [1.54, 1.807) is 25.4 Å². The summed E-state index contributed by atoms with van der Waals surface area (Å²) in [5, 5.41) is 37.1. The maximum Gasteiger partial charge on any atom is 0.112 e. The zero-order valence-electron chi connectivity index (χ0n) is 23.4. The third-order valence-corrected chi connectivity index (χ3v) is 6.81. The van der Waals surface area contributed by atoms with Crippen LogP contribution in [-0.2, 0) is 0 Å². The Balaban J connectivity index is 1.68. The monoisotopic (exact) mass is 547 g/mol. The van der Waals surface area contributed by atoms with Gasteiger partial charge in [0.1, 0.15) is 24.5 Å². The lowest BCUT2D eigenvalue weighted by Crippen LogP contribution is -2.20. The summed E-state index contributed by atoms with van der Waals surface area (Å²) in [7, 11) is 0. The van der Waals surface area contributed by atoms with Crippen LogP contribution >= 0.6 is 0 Å². The second-order valence-corrected chi connectivity index (χ2v) is 11.2. The van der Waals surface area contributed by atoms with Crippen LogP contribution in [0.2, 0.25) is 0 Å². The normalized spacial score (nSPS) is 13.0. The summed E-state index contributed by atoms with van der Waals surface area (Å²) in [4.78, 5) is 8.96. The molecular formula is C31H30FN9. The van der Waals surface area contributed by atoms with Gasteiger partial charge in [-0.1, -0.05) is 44.2 Å². The minimum atomic E-state index is -0.576. The number of fused-ring (bicyclic) bond motifs is 2. The third-order valence-electron chi connectivity index (χ3n) is 6.81. The fourth-order valence-corrected chi connectivity index (χ4v) is 4.67. The lowest BCUT2D eigenvalue weighted by molar-refractivity contribution is 0.351. The highest BCUT2D eigenvalue weighted by Crippen LogP contribution is 2.35. The summed E-state index contributed by atoms with van der Waals surface area (Å²) in [5.41, 5.74) is 4.75. The molecule has 0 saturated heterocycles. The minimum Gasteiger partial charge on any atom is -0.383 e. The van der Waals surface area contributed by atoms with Crippen LogP contribution in [0.15, 0.2) is 61.1 Å². The first-order valence-corrected chi connectivity index (χ1v) is 13.3. The lowest BCUT2D eigenvalue weighted by Gasteiger charge is -2.23. The number of hydrogen-bond acceptors (Lipinski definition) is 8. The van der Waals surface area contributed by atoms with E-state index in [9.17, 15) is 14.9 Å². The molecule has 41 heavy (non-hydrogen) atoms. The number of halogens is 1. The molecule has 9 nitrogen and oxygen atoms in total. The maximum atomic E-state index is 13.5. The summed E-state index contributed by atoms with van der Waals surface area (Å²) < 4.78 is 15.0. The van der Waals surface area contributed by atoms with Gasteiger partial charge in [-0.25, -0.2) is 9.07 Å². The largest absolute Gasteiger partial charge is 0.383 e. The molecule has 0 radical (unpaired) electrons. The van der Waals surface area contributed by atoms with Crippen LogP contribution in [0.25, 0.3) is 21.8 Å². The fourth-order valence-electron chi connectivity index (χ4n) is 4.67. The number of alkyl halides is 1. The van der Waals surface area contributed by atoms with Crippen LogP contribution in [-0.4, -0.2) is 38.2 Å². The van der Waals surface area contributed by atoms with Gasteiger partial charge in [-0.05, 0) is 42.2 Å². The van der Waals surface area contributed by atoms with Crippen molar-refractivity contribution in [1.29, 1.82) is 10.5 Å². The summed E-state index contributed by atoms with van der Waals surface area (Å²) in [6.07, 6.45) is 4.97. The van der Waals surface area contributed by atoms with E-state index in [0.29, 0.717) is 45.6 Å². The number of benzene rings is 2. The van der Waals surface area contributed by atoms with E-state index in [-0.39, 0.29) is 5.41 Å². The first-order valence-electron chi connectivity index (χ1n) is 13.3. The molecule has 5 aromatic rings. The van der Waals surface area contributed by atoms with Gasteiger partial charge in [0.2, 0.25) is 0 Å². The number of hydrogen-bond donors (Lipinski definition) is 2. The van der Waals surface area contributed by atoms with Gasteiger partial charge < -0.3 is 10.6 Å². The SMILES string of the molecule is CC(CF)n1cc(C(Nc2cc(C#N)c3ncc(C#N)c(NCC(C)(C)C)c3c2)c2cccc3ncccc23)nn1. The fraction of sp³-hybridized carbons (Fsp3) is 0.290. The summed E-state index contributed by atoms with van der Waals surface area (Å²) >= 11 is 0. The standard InChI is InChI=1S/C31H30FN9/c1-19(13-32)41-17-27(39-40-41)30(24-7-5-9-26-23(24)8-6-10-35-26)38-22-11-20(14-33)28-25(12-22)29(21(15-34)16-36-28)37-18-31(2,3)4/h5-12,16-17,19,30,38H,13,18H2,1-4H3,(H,36,37).